The average Bonchev–Trinajstić information content (AvgIpc) is 2.68. The average molecular weight is 389 g/mol. The van der Waals surface area contributed by atoms with Crippen LogP contribution in [0.2, 0.25) is 0 Å². The zero-order valence-corrected chi connectivity index (χ0v) is 19.7. The Hall–Kier alpha value is -0.820. The summed E-state index contributed by atoms with van der Waals surface area (Å²) in [7, 11) is 4.78. The van der Waals surface area contributed by atoms with Crippen molar-refractivity contribution in [2.45, 2.75) is 123 Å². The molecule has 0 N–H and O–H groups in total. The summed E-state index contributed by atoms with van der Waals surface area (Å²) in [6, 6.07) is 11.7. The number of nitrogens with zero attached hydrogens (tertiary/aromatic N) is 1. The Balaban J connectivity index is 1.93. The van der Waals surface area contributed by atoms with E-state index in [2.05, 4.69) is 58.3 Å². The van der Waals surface area contributed by atoms with Gasteiger partial charge in [0, 0.05) is 5.56 Å². The summed E-state index contributed by atoms with van der Waals surface area (Å²) in [5.74, 6) is 0. The highest BCUT2D eigenvalue weighted by atomic mass is 15.3. The Morgan fingerprint density at radius 2 is 1.07 bits per heavy atom. The number of hydrogen-bond donors (Lipinski definition) is 0. The summed E-state index contributed by atoms with van der Waals surface area (Å²) in [5, 5.41) is 0. The lowest BCUT2D eigenvalue weighted by molar-refractivity contribution is -0.926. The fourth-order valence-electron chi connectivity index (χ4n) is 4.19. The molecular weight excluding hydrogens is 338 g/mol. The zero-order valence-electron chi connectivity index (χ0n) is 19.7. The van der Waals surface area contributed by atoms with Crippen LogP contribution in [-0.4, -0.2) is 24.6 Å². The van der Waals surface area contributed by atoms with E-state index in [1.165, 1.54) is 102 Å². The monoisotopic (exact) mass is 388 g/mol. The lowest BCUT2D eigenvalue weighted by Gasteiger charge is -2.36. The molecule has 0 fully saturated rings. The van der Waals surface area contributed by atoms with Crippen LogP contribution in [0.4, 0.5) is 0 Å². The first kappa shape index (κ1) is 25.2. The molecule has 0 amide bonds. The Kier molecular flexibility index (Phi) is 14.4. The molecule has 28 heavy (non-hydrogen) atoms. The number of unbranched alkanes of at least 4 members (excludes halogenated alkanes) is 13. The van der Waals surface area contributed by atoms with E-state index in [1.54, 1.807) is 0 Å². The van der Waals surface area contributed by atoms with Crippen LogP contribution in [0.25, 0.3) is 0 Å². The smallest absolute Gasteiger partial charge is 0.104 e. The van der Waals surface area contributed by atoms with Crippen molar-refractivity contribution in [3.63, 3.8) is 0 Å². The number of quaternary nitrogens is 1. The van der Waals surface area contributed by atoms with E-state index in [4.69, 9.17) is 0 Å². The molecule has 0 aliphatic carbocycles. The van der Waals surface area contributed by atoms with Gasteiger partial charge in [0.15, 0.2) is 0 Å². The molecule has 1 aromatic rings. The normalized spacial score (nSPS) is 13.0. The summed E-state index contributed by atoms with van der Waals surface area (Å²) in [6.45, 7) is 5.87. The van der Waals surface area contributed by atoms with Gasteiger partial charge in [-0.1, -0.05) is 121 Å². The van der Waals surface area contributed by atoms with E-state index in [-0.39, 0.29) is 0 Å². The third-order valence-electron chi connectivity index (χ3n) is 6.60. The minimum absolute atomic E-state index is 0.734. The van der Waals surface area contributed by atoms with E-state index >= 15 is 0 Å². The highest BCUT2D eigenvalue weighted by molar-refractivity contribution is 5.13. The van der Waals surface area contributed by atoms with Crippen LogP contribution < -0.4 is 0 Å². The first-order chi connectivity index (χ1) is 13.6. The molecule has 1 aromatic carbocycles. The molecule has 0 saturated heterocycles. The molecule has 1 atom stereocenters. The predicted molar refractivity (Wildman–Crippen MR) is 127 cm³/mol. The predicted octanol–water partition coefficient (Wildman–Crippen LogP) is 8.52. The number of hydrogen-bond acceptors (Lipinski definition) is 0. The zero-order chi connectivity index (χ0) is 20.5. The van der Waals surface area contributed by atoms with Crippen LogP contribution in [-0.2, 0) is 6.54 Å². The van der Waals surface area contributed by atoms with Gasteiger partial charge in [0.05, 0.1) is 20.1 Å². The second-order valence-electron chi connectivity index (χ2n) is 9.66. The van der Waals surface area contributed by atoms with Crippen LogP contribution in [0, 0.1) is 0 Å². The standard InChI is InChI=1S/C27H50N/c1-5-6-7-8-9-10-11-12-13-14-15-16-17-19-22-26(2)28(3,4)25-27-23-20-18-21-24-27/h18,20-21,23-24,26H,5-17,19,22,25H2,1-4H3/q+1. The Morgan fingerprint density at radius 3 is 1.54 bits per heavy atom. The van der Waals surface area contributed by atoms with Crippen molar-refractivity contribution in [2.75, 3.05) is 14.1 Å². The van der Waals surface area contributed by atoms with Crippen molar-refractivity contribution in [1.29, 1.82) is 0 Å². The van der Waals surface area contributed by atoms with Crippen molar-refractivity contribution >= 4 is 0 Å². The van der Waals surface area contributed by atoms with Crippen molar-refractivity contribution in [3.05, 3.63) is 35.9 Å². The maximum Gasteiger partial charge on any atom is 0.104 e. The van der Waals surface area contributed by atoms with Gasteiger partial charge in [0.2, 0.25) is 0 Å². The second kappa shape index (κ2) is 16.0. The van der Waals surface area contributed by atoms with Crippen molar-refractivity contribution in [2.24, 2.45) is 0 Å². The fraction of sp³-hybridized carbons (Fsp3) is 0.778. The van der Waals surface area contributed by atoms with E-state index in [0.717, 1.165) is 17.1 Å². The molecule has 0 aliphatic rings. The van der Waals surface area contributed by atoms with Crippen LogP contribution in [0.1, 0.15) is 116 Å². The third-order valence-corrected chi connectivity index (χ3v) is 6.60. The first-order valence-corrected chi connectivity index (χ1v) is 12.4. The molecule has 0 heterocycles. The maximum atomic E-state index is 2.44. The van der Waals surface area contributed by atoms with E-state index in [9.17, 15) is 0 Å². The van der Waals surface area contributed by atoms with E-state index in [0.29, 0.717) is 0 Å². The van der Waals surface area contributed by atoms with Crippen LogP contribution in [0.15, 0.2) is 30.3 Å². The lowest BCUT2D eigenvalue weighted by Crippen LogP contribution is -2.46. The van der Waals surface area contributed by atoms with Gasteiger partial charge in [-0.2, -0.15) is 0 Å². The number of rotatable bonds is 18. The van der Waals surface area contributed by atoms with Crippen LogP contribution in [0.3, 0.4) is 0 Å². The van der Waals surface area contributed by atoms with Crippen molar-refractivity contribution in [3.8, 4) is 0 Å². The SMILES string of the molecule is CCCCCCCCCCCCCCCCC(C)[N+](C)(C)Cc1ccccc1. The van der Waals surface area contributed by atoms with Gasteiger partial charge >= 0.3 is 0 Å². The Bertz CT molecular complexity index is 451. The molecule has 1 nitrogen and oxygen atoms in total. The Labute approximate surface area is 177 Å². The quantitative estimate of drug-likeness (QED) is 0.174. The van der Waals surface area contributed by atoms with Gasteiger partial charge < -0.3 is 4.48 Å². The molecule has 162 valence electrons. The van der Waals surface area contributed by atoms with Gasteiger partial charge in [-0.25, -0.2) is 0 Å². The highest BCUT2D eigenvalue weighted by Crippen LogP contribution is 2.19. The minimum atomic E-state index is 0.734. The highest BCUT2D eigenvalue weighted by Gasteiger charge is 2.23. The summed E-state index contributed by atoms with van der Waals surface area (Å²) in [4.78, 5) is 0. The third kappa shape index (κ3) is 12.6. The van der Waals surface area contributed by atoms with Gasteiger partial charge in [-0.05, 0) is 19.8 Å². The minimum Gasteiger partial charge on any atom is -0.323 e. The fourth-order valence-corrected chi connectivity index (χ4v) is 4.19. The summed E-state index contributed by atoms with van der Waals surface area (Å²) in [6.07, 6.45) is 21.6. The molecule has 0 saturated carbocycles. The molecule has 0 spiro atoms. The molecule has 1 rings (SSSR count). The molecule has 0 bridgehead atoms. The number of benzene rings is 1. The Morgan fingerprint density at radius 1 is 0.643 bits per heavy atom. The summed E-state index contributed by atoms with van der Waals surface area (Å²) in [5.41, 5.74) is 1.46. The van der Waals surface area contributed by atoms with Gasteiger partial charge in [0.1, 0.15) is 6.54 Å². The summed E-state index contributed by atoms with van der Waals surface area (Å²) < 4.78 is 1.10. The van der Waals surface area contributed by atoms with E-state index in [1.807, 2.05) is 0 Å². The largest absolute Gasteiger partial charge is 0.323 e. The molecule has 1 unspecified atom stereocenters. The molecule has 0 aromatic heterocycles. The van der Waals surface area contributed by atoms with Gasteiger partial charge in [-0.15, -0.1) is 0 Å². The molecule has 1 heteroatoms. The summed E-state index contributed by atoms with van der Waals surface area (Å²) >= 11 is 0. The van der Waals surface area contributed by atoms with E-state index < -0.39 is 0 Å². The topological polar surface area (TPSA) is 0 Å². The van der Waals surface area contributed by atoms with Crippen molar-refractivity contribution < 1.29 is 4.48 Å². The van der Waals surface area contributed by atoms with Crippen molar-refractivity contribution in [1.82, 2.24) is 0 Å². The first-order valence-electron chi connectivity index (χ1n) is 12.4. The van der Waals surface area contributed by atoms with Gasteiger partial charge in [0.25, 0.3) is 0 Å². The molecule has 0 aliphatic heterocycles. The molecular formula is C27H50N+. The molecule has 0 radical (unpaired) electrons. The van der Waals surface area contributed by atoms with Crippen LogP contribution >= 0.6 is 0 Å². The second-order valence-corrected chi connectivity index (χ2v) is 9.66. The van der Waals surface area contributed by atoms with Gasteiger partial charge in [-0.3, -0.25) is 0 Å². The van der Waals surface area contributed by atoms with Crippen LogP contribution in [0.5, 0.6) is 0 Å². The maximum absolute atomic E-state index is 2.44. The lowest BCUT2D eigenvalue weighted by atomic mass is 10.0.